The van der Waals surface area contributed by atoms with Gasteiger partial charge in [0.1, 0.15) is 5.75 Å². The van der Waals surface area contributed by atoms with Gasteiger partial charge in [-0.2, -0.15) is 0 Å². The average Bonchev–Trinajstić information content (AvgIpc) is 2.59. The van der Waals surface area contributed by atoms with E-state index < -0.39 is 7.60 Å². The van der Waals surface area contributed by atoms with E-state index in [-0.39, 0.29) is 0 Å². The fraction of sp³-hybridized carbons (Fsp3) is 0.700. The molecule has 0 fully saturated rings. The first-order valence-corrected chi connectivity index (χ1v) is 11.4. The van der Waals surface area contributed by atoms with Gasteiger partial charge in [-0.05, 0) is 25.0 Å². The van der Waals surface area contributed by atoms with Gasteiger partial charge in [0, 0.05) is 0 Å². The number of hydrogen-bond donors (Lipinski definition) is 0. The van der Waals surface area contributed by atoms with Crippen molar-refractivity contribution in [3.05, 3.63) is 30.3 Å². The first kappa shape index (κ1) is 21.3. The zero-order valence-electron chi connectivity index (χ0n) is 15.5. The SMILES string of the molecule is CCCCCCCCCCOP(=O)(CCCC)Oc1ccccc1. The van der Waals surface area contributed by atoms with Crippen LogP contribution in [-0.4, -0.2) is 12.8 Å². The van der Waals surface area contributed by atoms with Gasteiger partial charge in [-0.15, -0.1) is 0 Å². The second kappa shape index (κ2) is 13.5. The lowest BCUT2D eigenvalue weighted by Crippen LogP contribution is -2.04. The second-order valence-electron chi connectivity index (χ2n) is 6.40. The molecule has 0 amide bonds. The van der Waals surface area contributed by atoms with Crippen LogP contribution in [0.4, 0.5) is 0 Å². The molecule has 3 nitrogen and oxygen atoms in total. The predicted octanol–water partition coefficient (Wildman–Crippen LogP) is 7.22. The predicted molar refractivity (Wildman–Crippen MR) is 103 cm³/mol. The summed E-state index contributed by atoms with van der Waals surface area (Å²) in [6, 6.07) is 9.36. The molecule has 1 atom stereocenters. The Labute approximate surface area is 148 Å². The number of rotatable bonds is 15. The van der Waals surface area contributed by atoms with Gasteiger partial charge in [-0.1, -0.05) is 83.4 Å². The van der Waals surface area contributed by atoms with E-state index in [1.54, 1.807) is 0 Å². The van der Waals surface area contributed by atoms with Crippen molar-refractivity contribution in [2.24, 2.45) is 0 Å². The minimum absolute atomic E-state index is 0.495. The van der Waals surface area contributed by atoms with Crippen LogP contribution in [-0.2, 0) is 9.09 Å². The molecule has 0 saturated carbocycles. The van der Waals surface area contributed by atoms with E-state index in [1.807, 2.05) is 30.3 Å². The van der Waals surface area contributed by atoms with Crippen LogP contribution in [0, 0.1) is 0 Å². The molecule has 0 N–H and O–H groups in total. The monoisotopic (exact) mass is 354 g/mol. The molecule has 0 aromatic heterocycles. The summed E-state index contributed by atoms with van der Waals surface area (Å²) in [5.74, 6) is 0.632. The molecule has 0 aliphatic heterocycles. The molecular weight excluding hydrogens is 319 g/mol. The van der Waals surface area contributed by atoms with Gasteiger partial charge in [0.15, 0.2) is 0 Å². The standard InChI is InChI=1S/C20H35O3P/c1-3-5-7-8-9-10-11-15-18-22-24(21,19-6-4-2)23-20-16-13-12-14-17-20/h12-14,16-17H,3-11,15,18-19H2,1-2H3. The number of para-hydroxylation sites is 1. The van der Waals surface area contributed by atoms with Crippen molar-refractivity contribution < 1.29 is 13.6 Å². The van der Waals surface area contributed by atoms with Crippen LogP contribution in [0.3, 0.4) is 0 Å². The molecule has 0 aliphatic rings. The van der Waals surface area contributed by atoms with Gasteiger partial charge in [0.2, 0.25) is 0 Å². The summed E-state index contributed by atoms with van der Waals surface area (Å²) in [7, 11) is -3.03. The maximum Gasteiger partial charge on any atom is 0.379 e. The third-order valence-corrected chi connectivity index (χ3v) is 5.99. The number of hydrogen-bond acceptors (Lipinski definition) is 3. The highest BCUT2D eigenvalue weighted by atomic mass is 31.2. The van der Waals surface area contributed by atoms with Gasteiger partial charge < -0.3 is 4.52 Å². The summed E-state index contributed by atoms with van der Waals surface area (Å²) in [6.07, 6.45) is 12.3. The van der Waals surface area contributed by atoms with E-state index in [9.17, 15) is 4.57 Å². The van der Waals surface area contributed by atoms with Gasteiger partial charge in [-0.3, -0.25) is 4.52 Å². The summed E-state index contributed by atoms with van der Waals surface area (Å²) in [6.45, 7) is 4.86. The van der Waals surface area contributed by atoms with Gasteiger partial charge in [-0.25, -0.2) is 4.57 Å². The number of unbranched alkanes of at least 4 members (excludes halogenated alkanes) is 8. The van der Waals surface area contributed by atoms with E-state index in [1.165, 1.54) is 38.5 Å². The molecule has 1 aromatic carbocycles. The van der Waals surface area contributed by atoms with Crippen LogP contribution in [0.5, 0.6) is 5.75 Å². The van der Waals surface area contributed by atoms with Crippen LogP contribution < -0.4 is 4.52 Å². The quantitative estimate of drug-likeness (QED) is 0.246. The van der Waals surface area contributed by atoms with Crippen LogP contribution >= 0.6 is 7.60 Å². The zero-order chi connectivity index (χ0) is 17.5. The van der Waals surface area contributed by atoms with Crippen LogP contribution in [0.1, 0.15) is 78.1 Å². The van der Waals surface area contributed by atoms with Crippen LogP contribution in [0.2, 0.25) is 0 Å². The van der Waals surface area contributed by atoms with E-state index in [4.69, 9.17) is 9.05 Å². The molecule has 0 bridgehead atoms. The summed E-state index contributed by atoms with van der Waals surface area (Å²) in [4.78, 5) is 0. The summed E-state index contributed by atoms with van der Waals surface area (Å²) in [5, 5.41) is 0. The highest BCUT2D eigenvalue weighted by molar-refractivity contribution is 7.54. The molecule has 0 radical (unpaired) electrons. The van der Waals surface area contributed by atoms with Gasteiger partial charge >= 0.3 is 7.60 Å². The Morgan fingerprint density at radius 2 is 1.38 bits per heavy atom. The van der Waals surface area contributed by atoms with Crippen molar-refractivity contribution in [3.63, 3.8) is 0 Å². The molecular formula is C20H35O3P. The van der Waals surface area contributed by atoms with E-state index >= 15 is 0 Å². The summed E-state index contributed by atoms with van der Waals surface area (Å²) >= 11 is 0. The maximum absolute atomic E-state index is 12.9. The minimum atomic E-state index is -3.03. The average molecular weight is 354 g/mol. The molecule has 0 aliphatic carbocycles. The molecule has 0 saturated heterocycles. The first-order chi connectivity index (χ1) is 11.7. The highest BCUT2D eigenvalue weighted by Gasteiger charge is 2.25. The van der Waals surface area contributed by atoms with Gasteiger partial charge in [0.05, 0.1) is 12.8 Å². The minimum Gasteiger partial charge on any atom is -0.424 e. The molecule has 1 unspecified atom stereocenters. The van der Waals surface area contributed by atoms with E-state index in [2.05, 4.69) is 13.8 Å². The van der Waals surface area contributed by atoms with Crippen molar-refractivity contribution in [2.75, 3.05) is 12.8 Å². The Kier molecular flexibility index (Phi) is 12.0. The summed E-state index contributed by atoms with van der Waals surface area (Å²) in [5.41, 5.74) is 0. The lowest BCUT2D eigenvalue weighted by atomic mass is 10.1. The normalized spacial score (nSPS) is 13.6. The molecule has 0 heterocycles. The van der Waals surface area contributed by atoms with Crippen LogP contribution in [0.25, 0.3) is 0 Å². The van der Waals surface area contributed by atoms with Crippen LogP contribution in [0.15, 0.2) is 30.3 Å². The van der Waals surface area contributed by atoms with Crippen molar-refractivity contribution in [1.82, 2.24) is 0 Å². The molecule has 0 spiro atoms. The van der Waals surface area contributed by atoms with Gasteiger partial charge in [0.25, 0.3) is 0 Å². The molecule has 1 aromatic rings. The lowest BCUT2D eigenvalue weighted by Gasteiger charge is -2.19. The maximum atomic E-state index is 12.9. The van der Waals surface area contributed by atoms with Crippen molar-refractivity contribution in [1.29, 1.82) is 0 Å². The fourth-order valence-corrected chi connectivity index (χ4v) is 4.40. The first-order valence-electron chi connectivity index (χ1n) is 9.68. The third-order valence-electron chi connectivity index (χ3n) is 4.06. The third kappa shape index (κ3) is 10.2. The van der Waals surface area contributed by atoms with Crippen molar-refractivity contribution in [2.45, 2.75) is 78.1 Å². The van der Waals surface area contributed by atoms with E-state index in [0.29, 0.717) is 18.5 Å². The zero-order valence-corrected chi connectivity index (χ0v) is 16.4. The number of benzene rings is 1. The Morgan fingerprint density at radius 3 is 2.00 bits per heavy atom. The Morgan fingerprint density at radius 1 is 0.792 bits per heavy atom. The molecule has 24 heavy (non-hydrogen) atoms. The molecule has 4 heteroatoms. The largest absolute Gasteiger partial charge is 0.424 e. The lowest BCUT2D eigenvalue weighted by molar-refractivity contribution is 0.257. The smallest absolute Gasteiger partial charge is 0.379 e. The fourth-order valence-electron chi connectivity index (χ4n) is 2.57. The Bertz CT molecular complexity index is 447. The topological polar surface area (TPSA) is 35.5 Å². The molecule has 1 rings (SSSR count). The molecule has 138 valence electrons. The van der Waals surface area contributed by atoms with Crippen molar-refractivity contribution in [3.8, 4) is 5.75 Å². The highest BCUT2D eigenvalue weighted by Crippen LogP contribution is 2.49. The second-order valence-corrected chi connectivity index (χ2v) is 8.51. The Hall–Kier alpha value is -0.790. The summed E-state index contributed by atoms with van der Waals surface area (Å²) < 4.78 is 24.3. The Balaban J connectivity index is 2.26. The van der Waals surface area contributed by atoms with E-state index in [0.717, 1.165) is 25.7 Å². The van der Waals surface area contributed by atoms with Crippen molar-refractivity contribution >= 4 is 7.60 Å².